The molecule has 1 aliphatic rings. The Morgan fingerprint density at radius 2 is 2.20 bits per heavy atom. The summed E-state index contributed by atoms with van der Waals surface area (Å²) in [6.45, 7) is 0.956. The third-order valence-electron chi connectivity index (χ3n) is 4.04. The van der Waals surface area contributed by atoms with Gasteiger partial charge in [0.15, 0.2) is 17.2 Å². The van der Waals surface area contributed by atoms with Gasteiger partial charge in [0.25, 0.3) is 5.91 Å². The van der Waals surface area contributed by atoms with Crippen molar-refractivity contribution in [2.24, 2.45) is 0 Å². The Balaban J connectivity index is 1.80. The van der Waals surface area contributed by atoms with Crippen LogP contribution in [-0.2, 0) is 11.3 Å². The number of amides is 1. The van der Waals surface area contributed by atoms with Gasteiger partial charge < -0.3 is 19.9 Å². The van der Waals surface area contributed by atoms with Crippen LogP contribution in [0.1, 0.15) is 40.7 Å². The summed E-state index contributed by atoms with van der Waals surface area (Å²) >= 11 is 5.85. The van der Waals surface area contributed by atoms with Crippen molar-refractivity contribution < 1.29 is 19.4 Å². The molecule has 2 heterocycles. The van der Waals surface area contributed by atoms with Gasteiger partial charge in [-0.05, 0) is 30.5 Å². The van der Waals surface area contributed by atoms with Crippen molar-refractivity contribution in [3.63, 3.8) is 0 Å². The zero-order valence-electron chi connectivity index (χ0n) is 13.8. The summed E-state index contributed by atoms with van der Waals surface area (Å²) in [6.07, 6.45) is 1.58. The summed E-state index contributed by atoms with van der Waals surface area (Å²) in [5.41, 5.74) is 1.40. The smallest absolute Gasteiger partial charge is 0.274 e. The number of hydrogen-bond donors (Lipinski definition) is 2. The van der Waals surface area contributed by atoms with E-state index in [2.05, 4.69) is 10.3 Å². The molecule has 132 valence electrons. The minimum absolute atomic E-state index is 0.0705. The first-order valence-corrected chi connectivity index (χ1v) is 8.38. The van der Waals surface area contributed by atoms with Crippen molar-refractivity contribution >= 4 is 17.5 Å². The standard InChI is InChI=1S/C18H19ClN2O4/c1-24-15-9-13(14-3-2-8-25-14)21-16(17(15)22)18(23)20-10-11-4-6-12(19)7-5-11/h4-7,9,14,22H,2-3,8,10H2,1H3,(H,20,23). The van der Waals surface area contributed by atoms with Crippen LogP contribution in [0.25, 0.3) is 0 Å². The van der Waals surface area contributed by atoms with Crippen LogP contribution >= 0.6 is 11.6 Å². The van der Waals surface area contributed by atoms with Crippen LogP contribution in [0, 0.1) is 0 Å². The number of ether oxygens (including phenoxy) is 2. The number of benzene rings is 1. The topological polar surface area (TPSA) is 80.7 Å². The number of carbonyl (C=O) groups is 1. The van der Waals surface area contributed by atoms with E-state index in [-0.39, 0.29) is 23.3 Å². The zero-order valence-corrected chi connectivity index (χ0v) is 14.5. The lowest BCUT2D eigenvalue weighted by Crippen LogP contribution is -2.24. The number of pyridine rings is 1. The van der Waals surface area contributed by atoms with Crippen LogP contribution in [0.3, 0.4) is 0 Å². The third-order valence-corrected chi connectivity index (χ3v) is 4.29. The van der Waals surface area contributed by atoms with E-state index < -0.39 is 5.91 Å². The average Bonchev–Trinajstić information content (AvgIpc) is 3.16. The summed E-state index contributed by atoms with van der Waals surface area (Å²) in [6, 6.07) is 8.75. The zero-order chi connectivity index (χ0) is 17.8. The van der Waals surface area contributed by atoms with E-state index in [9.17, 15) is 9.90 Å². The average molecular weight is 363 g/mol. The number of halogens is 1. The number of aromatic nitrogens is 1. The van der Waals surface area contributed by atoms with Crippen molar-refractivity contribution in [2.45, 2.75) is 25.5 Å². The van der Waals surface area contributed by atoms with Gasteiger partial charge in [0.1, 0.15) is 0 Å². The van der Waals surface area contributed by atoms with Gasteiger partial charge in [-0.1, -0.05) is 23.7 Å². The normalized spacial score (nSPS) is 16.6. The number of methoxy groups -OCH3 is 1. The van der Waals surface area contributed by atoms with E-state index in [4.69, 9.17) is 21.1 Å². The predicted molar refractivity (Wildman–Crippen MR) is 93.0 cm³/mol. The maximum Gasteiger partial charge on any atom is 0.274 e. The first-order valence-electron chi connectivity index (χ1n) is 8.00. The largest absolute Gasteiger partial charge is 0.503 e. The van der Waals surface area contributed by atoms with Crippen LogP contribution in [0.5, 0.6) is 11.5 Å². The molecule has 1 aromatic heterocycles. The molecule has 1 fully saturated rings. The summed E-state index contributed by atoms with van der Waals surface area (Å²) < 4.78 is 10.8. The molecule has 1 atom stereocenters. The van der Waals surface area contributed by atoms with Crippen LogP contribution in [-0.4, -0.2) is 29.7 Å². The molecule has 2 aromatic rings. The third kappa shape index (κ3) is 4.03. The molecule has 7 heteroatoms. The monoisotopic (exact) mass is 362 g/mol. The Bertz CT molecular complexity index is 758. The first kappa shape index (κ1) is 17.5. The van der Waals surface area contributed by atoms with Gasteiger partial charge in [-0.25, -0.2) is 4.98 Å². The minimum Gasteiger partial charge on any atom is -0.503 e. The Morgan fingerprint density at radius 3 is 2.84 bits per heavy atom. The van der Waals surface area contributed by atoms with E-state index in [1.165, 1.54) is 7.11 Å². The number of aromatic hydroxyl groups is 1. The van der Waals surface area contributed by atoms with Gasteiger partial charge in [-0.3, -0.25) is 4.79 Å². The van der Waals surface area contributed by atoms with Gasteiger partial charge in [0.05, 0.1) is 18.9 Å². The van der Waals surface area contributed by atoms with Crippen LogP contribution < -0.4 is 10.1 Å². The minimum atomic E-state index is -0.481. The van der Waals surface area contributed by atoms with Crippen molar-refractivity contribution in [3.8, 4) is 11.5 Å². The number of nitrogens with zero attached hydrogens (tertiary/aromatic N) is 1. The summed E-state index contributed by atoms with van der Waals surface area (Å²) in [7, 11) is 1.43. The molecular weight excluding hydrogens is 344 g/mol. The molecule has 1 saturated heterocycles. The van der Waals surface area contributed by atoms with Crippen LogP contribution in [0.4, 0.5) is 0 Å². The molecule has 0 saturated carbocycles. The highest BCUT2D eigenvalue weighted by atomic mass is 35.5. The quantitative estimate of drug-likeness (QED) is 0.853. The molecule has 1 aromatic carbocycles. The number of rotatable bonds is 5. The van der Waals surface area contributed by atoms with E-state index in [1.807, 2.05) is 12.1 Å². The number of carbonyl (C=O) groups excluding carboxylic acids is 1. The second kappa shape index (κ2) is 7.72. The van der Waals surface area contributed by atoms with Crippen molar-refractivity contribution in [1.82, 2.24) is 10.3 Å². The molecule has 3 rings (SSSR count). The lowest BCUT2D eigenvalue weighted by atomic mass is 10.1. The highest BCUT2D eigenvalue weighted by molar-refractivity contribution is 6.30. The van der Waals surface area contributed by atoms with Gasteiger partial charge >= 0.3 is 0 Å². The Morgan fingerprint density at radius 1 is 1.44 bits per heavy atom. The fourth-order valence-electron chi connectivity index (χ4n) is 2.69. The second-order valence-electron chi connectivity index (χ2n) is 5.76. The van der Waals surface area contributed by atoms with E-state index in [0.717, 1.165) is 18.4 Å². The lowest BCUT2D eigenvalue weighted by Gasteiger charge is -2.14. The van der Waals surface area contributed by atoms with E-state index >= 15 is 0 Å². The summed E-state index contributed by atoms with van der Waals surface area (Å²) in [4.78, 5) is 16.8. The van der Waals surface area contributed by atoms with Crippen molar-refractivity contribution in [3.05, 3.63) is 52.3 Å². The summed E-state index contributed by atoms with van der Waals surface area (Å²) in [5, 5.41) is 13.6. The van der Waals surface area contributed by atoms with Gasteiger partial charge in [0.2, 0.25) is 0 Å². The fraction of sp³-hybridized carbons (Fsp3) is 0.333. The van der Waals surface area contributed by atoms with Crippen LogP contribution in [0.2, 0.25) is 5.02 Å². The summed E-state index contributed by atoms with van der Waals surface area (Å²) in [5.74, 6) is -0.555. The van der Waals surface area contributed by atoms with Crippen LogP contribution in [0.15, 0.2) is 30.3 Å². The van der Waals surface area contributed by atoms with E-state index in [1.54, 1.807) is 18.2 Å². The maximum absolute atomic E-state index is 12.5. The van der Waals surface area contributed by atoms with E-state index in [0.29, 0.717) is 23.9 Å². The molecule has 0 bridgehead atoms. The van der Waals surface area contributed by atoms with Gasteiger partial charge in [0, 0.05) is 24.2 Å². The SMILES string of the molecule is COc1cc(C2CCCO2)nc(C(=O)NCc2ccc(Cl)cc2)c1O. The predicted octanol–water partition coefficient (Wildman–Crippen LogP) is 3.23. The fourth-order valence-corrected chi connectivity index (χ4v) is 2.82. The highest BCUT2D eigenvalue weighted by Gasteiger charge is 2.25. The Hall–Kier alpha value is -2.31. The maximum atomic E-state index is 12.5. The molecule has 2 N–H and O–H groups in total. The molecule has 6 nitrogen and oxygen atoms in total. The Labute approximate surface area is 150 Å². The Kier molecular flexibility index (Phi) is 5.40. The first-order chi connectivity index (χ1) is 12.1. The van der Waals surface area contributed by atoms with Crippen molar-refractivity contribution in [1.29, 1.82) is 0 Å². The molecule has 0 radical (unpaired) electrons. The molecule has 0 aliphatic carbocycles. The molecular formula is C18H19ClN2O4. The molecule has 1 aliphatic heterocycles. The molecule has 25 heavy (non-hydrogen) atoms. The second-order valence-corrected chi connectivity index (χ2v) is 6.19. The molecule has 0 spiro atoms. The lowest BCUT2D eigenvalue weighted by molar-refractivity contribution is 0.0935. The molecule has 1 unspecified atom stereocenters. The van der Waals surface area contributed by atoms with Gasteiger partial charge in [-0.2, -0.15) is 0 Å². The van der Waals surface area contributed by atoms with Gasteiger partial charge in [-0.15, -0.1) is 0 Å². The number of nitrogens with one attached hydrogen (secondary N) is 1. The highest BCUT2D eigenvalue weighted by Crippen LogP contribution is 2.35. The van der Waals surface area contributed by atoms with Crippen molar-refractivity contribution in [2.75, 3.05) is 13.7 Å². The number of hydrogen-bond acceptors (Lipinski definition) is 5. The molecule has 1 amide bonds.